The second kappa shape index (κ2) is 8.22. The van der Waals surface area contributed by atoms with Crippen molar-refractivity contribution in [3.05, 3.63) is 29.8 Å². The van der Waals surface area contributed by atoms with Crippen molar-refractivity contribution in [2.24, 2.45) is 5.73 Å². The molecule has 0 spiro atoms. The van der Waals surface area contributed by atoms with Gasteiger partial charge in [0.05, 0.1) is 13.7 Å². The fraction of sp³-hybridized carbons (Fsp3) is 0.533. The van der Waals surface area contributed by atoms with Crippen LogP contribution in [-0.4, -0.2) is 55.0 Å². The predicted octanol–water partition coefficient (Wildman–Crippen LogP) is 1.11. The van der Waals surface area contributed by atoms with E-state index in [1.807, 2.05) is 12.1 Å². The van der Waals surface area contributed by atoms with Gasteiger partial charge >= 0.3 is 0 Å². The maximum absolute atomic E-state index is 11.0. The van der Waals surface area contributed by atoms with Gasteiger partial charge < -0.3 is 10.5 Å². The number of nitrogens with two attached hydrogens (primary N) is 1. The summed E-state index contributed by atoms with van der Waals surface area (Å²) in [7, 11) is 1.68. The molecule has 0 bridgehead atoms. The number of rotatable bonds is 5. The quantitative estimate of drug-likeness (QED) is 0.884. The third kappa shape index (κ3) is 5.19. The highest BCUT2D eigenvalue weighted by Crippen LogP contribution is 2.16. The molecular weight excluding hydrogens is 290 g/mol. The van der Waals surface area contributed by atoms with Crippen LogP contribution in [0.25, 0.3) is 0 Å². The van der Waals surface area contributed by atoms with Crippen LogP contribution in [0.3, 0.4) is 0 Å². The number of hydrogen-bond acceptors (Lipinski definition) is 4. The van der Waals surface area contributed by atoms with Gasteiger partial charge in [-0.25, -0.2) is 0 Å². The third-order valence-corrected chi connectivity index (χ3v) is 3.75. The Kier molecular flexibility index (Phi) is 6.95. The maximum Gasteiger partial charge on any atom is 0.231 e. The van der Waals surface area contributed by atoms with E-state index in [4.69, 9.17) is 10.5 Å². The second-order valence-electron chi connectivity index (χ2n) is 5.37. The van der Waals surface area contributed by atoms with Gasteiger partial charge in [0, 0.05) is 32.2 Å². The van der Waals surface area contributed by atoms with Crippen molar-refractivity contribution >= 4 is 18.3 Å². The van der Waals surface area contributed by atoms with E-state index in [-0.39, 0.29) is 18.3 Å². The largest absolute Gasteiger partial charge is 0.497 e. The lowest BCUT2D eigenvalue weighted by Gasteiger charge is -2.39. The van der Waals surface area contributed by atoms with E-state index in [1.165, 1.54) is 5.56 Å². The van der Waals surface area contributed by atoms with Crippen LogP contribution in [0.15, 0.2) is 24.3 Å². The number of hydrogen-bond donors (Lipinski definition) is 1. The number of methoxy groups -OCH3 is 1. The Morgan fingerprint density at radius 2 is 2.19 bits per heavy atom. The molecule has 1 aromatic rings. The van der Waals surface area contributed by atoms with E-state index in [0.29, 0.717) is 12.6 Å². The molecule has 1 aromatic carbocycles. The topological polar surface area (TPSA) is 58.8 Å². The summed E-state index contributed by atoms with van der Waals surface area (Å²) in [6.45, 7) is 6.19. The summed E-state index contributed by atoms with van der Waals surface area (Å²) in [4.78, 5) is 15.6. The minimum absolute atomic E-state index is 0. The van der Waals surface area contributed by atoms with Crippen molar-refractivity contribution in [2.75, 3.05) is 33.3 Å². The van der Waals surface area contributed by atoms with E-state index < -0.39 is 0 Å². The van der Waals surface area contributed by atoms with E-state index in [9.17, 15) is 4.79 Å². The number of carbonyl (C=O) groups excluding carboxylic acids is 1. The Morgan fingerprint density at radius 1 is 1.43 bits per heavy atom. The molecule has 2 N–H and O–H groups in total. The highest BCUT2D eigenvalue weighted by molar-refractivity contribution is 5.85. The Balaban J connectivity index is 0.00000220. The number of piperazine rings is 1. The van der Waals surface area contributed by atoms with Crippen molar-refractivity contribution in [2.45, 2.75) is 19.5 Å². The van der Waals surface area contributed by atoms with Gasteiger partial charge in [0.1, 0.15) is 5.75 Å². The normalized spacial score (nSPS) is 19.8. The van der Waals surface area contributed by atoms with E-state index in [0.717, 1.165) is 31.9 Å². The molecule has 1 amide bonds. The van der Waals surface area contributed by atoms with E-state index in [1.54, 1.807) is 7.11 Å². The zero-order chi connectivity index (χ0) is 14.5. The summed E-state index contributed by atoms with van der Waals surface area (Å²) < 4.78 is 5.25. The van der Waals surface area contributed by atoms with Crippen LogP contribution >= 0.6 is 12.4 Å². The van der Waals surface area contributed by atoms with Crippen LogP contribution in [-0.2, 0) is 11.3 Å². The Hall–Kier alpha value is -1.30. The zero-order valence-electron chi connectivity index (χ0n) is 12.6. The smallest absolute Gasteiger partial charge is 0.231 e. The minimum Gasteiger partial charge on any atom is -0.497 e. The molecule has 118 valence electrons. The molecule has 1 atom stereocenters. The summed E-state index contributed by atoms with van der Waals surface area (Å²) >= 11 is 0. The molecule has 0 saturated carbocycles. The van der Waals surface area contributed by atoms with Gasteiger partial charge in [0.25, 0.3) is 0 Å². The summed E-state index contributed by atoms with van der Waals surface area (Å²) in [6.07, 6.45) is 0. The first-order valence-corrected chi connectivity index (χ1v) is 6.96. The maximum atomic E-state index is 11.0. The first-order valence-electron chi connectivity index (χ1n) is 6.96. The van der Waals surface area contributed by atoms with Gasteiger partial charge in [0.2, 0.25) is 5.91 Å². The highest BCUT2D eigenvalue weighted by Gasteiger charge is 2.24. The van der Waals surface area contributed by atoms with Crippen LogP contribution in [0.2, 0.25) is 0 Å². The standard InChI is InChI=1S/C15H23N3O2.ClH/c1-12-9-17(6-7-18(12)11-15(16)19)10-13-4-3-5-14(8-13)20-2;/h3-5,8,12H,6-7,9-11H2,1-2H3,(H2,16,19);1H/t12-;/m0./s1. The highest BCUT2D eigenvalue weighted by atomic mass is 35.5. The number of primary amides is 1. The van der Waals surface area contributed by atoms with Gasteiger partial charge in [-0.1, -0.05) is 12.1 Å². The molecule has 1 fully saturated rings. The fourth-order valence-electron chi connectivity index (χ4n) is 2.68. The lowest BCUT2D eigenvalue weighted by Crippen LogP contribution is -2.53. The van der Waals surface area contributed by atoms with Gasteiger partial charge in [-0.3, -0.25) is 14.6 Å². The van der Waals surface area contributed by atoms with Crippen molar-refractivity contribution in [1.29, 1.82) is 0 Å². The molecule has 6 heteroatoms. The molecule has 0 unspecified atom stereocenters. The van der Waals surface area contributed by atoms with E-state index >= 15 is 0 Å². The molecule has 1 aliphatic heterocycles. The average molecular weight is 314 g/mol. The molecule has 5 nitrogen and oxygen atoms in total. The summed E-state index contributed by atoms with van der Waals surface area (Å²) in [6, 6.07) is 8.50. The molecule has 2 rings (SSSR count). The Morgan fingerprint density at radius 3 is 2.81 bits per heavy atom. The van der Waals surface area contributed by atoms with Crippen molar-refractivity contribution in [3.63, 3.8) is 0 Å². The number of carbonyl (C=O) groups is 1. The zero-order valence-corrected chi connectivity index (χ0v) is 13.4. The fourth-order valence-corrected chi connectivity index (χ4v) is 2.68. The number of nitrogens with zero attached hydrogens (tertiary/aromatic N) is 2. The number of ether oxygens (including phenoxy) is 1. The Labute approximate surface area is 132 Å². The van der Waals surface area contributed by atoms with Gasteiger partial charge in [0.15, 0.2) is 0 Å². The molecule has 0 aromatic heterocycles. The van der Waals surface area contributed by atoms with Gasteiger partial charge in [-0.15, -0.1) is 12.4 Å². The molecule has 0 aliphatic carbocycles. The predicted molar refractivity (Wildman–Crippen MR) is 85.7 cm³/mol. The van der Waals surface area contributed by atoms with Crippen molar-refractivity contribution in [1.82, 2.24) is 9.80 Å². The molecular formula is C15H24ClN3O2. The second-order valence-corrected chi connectivity index (χ2v) is 5.37. The number of benzene rings is 1. The Bertz CT molecular complexity index is 470. The van der Waals surface area contributed by atoms with Crippen LogP contribution in [0, 0.1) is 0 Å². The number of amides is 1. The van der Waals surface area contributed by atoms with Crippen molar-refractivity contribution < 1.29 is 9.53 Å². The van der Waals surface area contributed by atoms with Crippen LogP contribution < -0.4 is 10.5 Å². The third-order valence-electron chi connectivity index (χ3n) is 3.75. The van der Waals surface area contributed by atoms with Crippen LogP contribution in [0.1, 0.15) is 12.5 Å². The molecule has 1 heterocycles. The molecule has 1 saturated heterocycles. The lowest BCUT2D eigenvalue weighted by molar-refractivity contribution is -0.120. The first-order chi connectivity index (χ1) is 9.58. The summed E-state index contributed by atoms with van der Waals surface area (Å²) in [5, 5.41) is 0. The monoisotopic (exact) mass is 313 g/mol. The average Bonchev–Trinajstić information content (AvgIpc) is 2.42. The number of halogens is 1. The van der Waals surface area contributed by atoms with Gasteiger partial charge in [-0.2, -0.15) is 0 Å². The molecule has 21 heavy (non-hydrogen) atoms. The van der Waals surface area contributed by atoms with Crippen LogP contribution in [0.5, 0.6) is 5.75 Å². The summed E-state index contributed by atoms with van der Waals surface area (Å²) in [5.41, 5.74) is 6.52. The van der Waals surface area contributed by atoms with Crippen LogP contribution in [0.4, 0.5) is 0 Å². The van der Waals surface area contributed by atoms with E-state index in [2.05, 4.69) is 28.9 Å². The SMILES string of the molecule is COc1cccc(CN2CCN(CC(N)=O)[C@@H](C)C2)c1.Cl. The van der Waals surface area contributed by atoms with Crippen molar-refractivity contribution in [3.8, 4) is 5.75 Å². The van der Waals surface area contributed by atoms with Gasteiger partial charge in [-0.05, 0) is 24.6 Å². The lowest BCUT2D eigenvalue weighted by atomic mass is 10.1. The molecule has 1 aliphatic rings. The molecule has 0 radical (unpaired) electrons. The summed E-state index contributed by atoms with van der Waals surface area (Å²) in [5.74, 6) is 0.640. The first kappa shape index (κ1) is 17.8. The minimum atomic E-state index is -0.252.